The van der Waals surface area contributed by atoms with Gasteiger partial charge in [-0.3, -0.25) is 4.79 Å². The van der Waals surface area contributed by atoms with Crippen molar-refractivity contribution >= 4 is 29.1 Å². The first-order valence-electron chi connectivity index (χ1n) is 7.46. The van der Waals surface area contributed by atoms with Crippen LogP contribution in [0.5, 0.6) is 11.5 Å². The van der Waals surface area contributed by atoms with Gasteiger partial charge in [0, 0.05) is 24.2 Å². The molecule has 0 heterocycles. The van der Waals surface area contributed by atoms with E-state index in [2.05, 4.69) is 0 Å². The molecule has 0 spiro atoms. The van der Waals surface area contributed by atoms with E-state index < -0.39 is 0 Å². The molecule has 128 valence electrons. The summed E-state index contributed by atoms with van der Waals surface area (Å²) in [5.74, 6) is 0.722. The summed E-state index contributed by atoms with van der Waals surface area (Å²) in [7, 11) is 3.24. The van der Waals surface area contributed by atoms with Crippen LogP contribution in [-0.2, 0) is 6.54 Å². The van der Waals surface area contributed by atoms with Crippen LogP contribution in [0.4, 0.5) is 0 Å². The normalized spacial score (nSPS) is 10.4. The van der Waals surface area contributed by atoms with E-state index in [-0.39, 0.29) is 5.91 Å². The van der Waals surface area contributed by atoms with E-state index in [0.29, 0.717) is 40.3 Å². The Morgan fingerprint density at radius 2 is 1.83 bits per heavy atom. The molecule has 2 aromatic carbocycles. The molecule has 0 unspecified atom stereocenters. The molecule has 0 saturated heterocycles. The van der Waals surface area contributed by atoms with E-state index in [4.69, 9.17) is 32.7 Å². The molecule has 0 bridgehead atoms. The Balaban J connectivity index is 2.22. The fraction of sp³-hybridized carbons (Fsp3) is 0.278. The monoisotopic (exact) mass is 367 g/mol. The van der Waals surface area contributed by atoms with Crippen molar-refractivity contribution in [3.05, 3.63) is 57.6 Å². The zero-order valence-electron chi connectivity index (χ0n) is 13.8. The lowest BCUT2D eigenvalue weighted by atomic mass is 10.1. The van der Waals surface area contributed by atoms with Gasteiger partial charge in [-0.1, -0.05) is 35.3 Å². The largest absolute Gasteiger partial charge is 0.493 e. The molecule has 1 amide bonds. The Morgan fingerprint density at radius 1 is 1.17 bits per heavy atom. The summed E-state index contributed by atoms with van der Waals surface area (Å²) in [4.78, 5) is 14.3. The Labute approximate surface area is 151 Å². The van der Waals surface area contributed by atoms with Gasteiger partial charge >= 0.3 is 0 Å². The van der Waals surface area contributed by atoms with Crippen molar-refractivity contribution in [3.63, 3.8) is 0 Å². The molecule has 0 aromatic heterocycles. The molecule has 0 aliphatic carbocycles. The van der Waals surface area contributed by atoms with E-state index in [1.54, 1.807) is 36.2 Å². The summed E-state index contributed by atoms with van der Waals surface area (Å²) in [6.45, 7) is 2.78. The maximum Gasteiger partial charge on any atom is 0.254 e. The van der Waals surface area contributed by atoms with Gasteiger partial charge in [0.1, 0.15) is 0 Å². The molecule has 0 saturated carbocycles. The first-order valence-corrected chi connectivity index (χ1v) is 8.22. The predicted molar refractivity (Wildman–Crippen MR) is 96.4 cm³/mol. The van der Waals surface area contributed by atoms with Crippen molar-refractivity contribution in [1.82, 2.24) is 4.90 Å². The van der Waals surface area contributed by atoms with Crippen molar-refractivity contribution in [1.29, 1.82) is 0 Å². The van der Waals surface area contributed by atoms with Gasteiger partial charge in [-0.05, 0) is 36.8 Å². The quantitative estimate of drug-likeness (QED) is 0.744. The molecule has 2 aromatic rings. The number of benzene rings is 2. The maximum atomic E-state index is 12.7. The topological polar surface area (TPSA) is 38.8 Å². The number of amides is 1. The molecule has 0 fully saturated rings. The first-order chi connectivity index (χ1) is 11.5. The summed E-state index contributed by atoms with van der Waals surface area (Å²) in [5, 5.41) is 1.01. The fourth-order valence-electron chi connectivity index (χ4n) is 2.28. The average molecular weight is 368 g/mol. The van der Waals surface area contributed by atoms with Crippen molar-refractivity contribution in [3.8, 4) is 11.5 Å². The van der Waals surface area contributed by atoms with Crippen LogP contribution in [0, 0.1) is 0 Å². The van der Waals surface area contributed by atoms with Crippen molar-refractivity contribution in [2.45, 2.75) is 13.5 Å². The molecule has 0 aliphatic rings. The van der Waals surface area contributed by atoms with Gasteiger partial charge in [0.15, 0.2) is 11.5 Å². The minimum absolute atomic E-state index is 0.159. The van der Waals surface area contributed by atoms with Crippen LogP contribution in [0.3, 0.4) is 0 Å². The second-order valence-corrected chi connectivity index (χ2v) is 6.05. The SMILES string of the molecule is CCOc1c(Cl)cc(C(=O)N(C)Cc2ccc(Cl)cc2)cc1OC. The lowest BCUT2D eigenvalue weighted by Gasteiger charge is -2.19. The molecule has 0 aliphatic heterocycles. The second-order valence-electron chi connectivity index (χ2n) is 5.21. The highest BCUT2D eigenvalue weighted by Gasteiger charge is 2.18. The van der Waals surface area contributed by atoms with Crippen LogP contribution in [0.15, 0.2) is 36.4 Å². The fourth-order valence-corrected chi connectivity index (χ4v) is 2.67. The Kier molecular flexibility index (Phi) is 6.35. The summed E-state index contributed by atoms with van der Waals surface area (Å²) in [6.07, 6.45) is 0. The smallest absolute Gasteiger partial charge is 0.254 e. The molecular weight excluding hydrogens is 349 g/mol. The molecule has 0 atom stereocenters. The summed E-state index contributed by atoms with van der Waals surface area (Å²) in [5.41, 5.74) is 1.43. The highest BCUT2D eigenvalue weighted by Crippen LogP contribution is 2.36. The Hall–Kier alpha value is -1.91. The molecular formula is C18H19Cl2NO3. The van der Waals surface area contributed by atoms with E-state index in [1.807, 2.05) is 19.1 Å². The number of halogens is 2. The maximum absolute atomic E-state index is 12.7. The molecule has 4 nitrogen and oxygen atoms in total. The molecule has 2 rings (SSSR count). The zero-order valence-corrected chi connectivity index (χ0v) is 15.3. The third kappa shape index (κ3) is 4.34. The highest BCUT2D eigenvalue weighted by atomic mass is 35.5. The number of nitrogens with zero attached hydrogens (tertiary/aromatic N) is 1. The lowest BCUT2D eigenvalue weighted by molar-refractivity contribution is 0.0784. The Bertz CT molecular complexity index is 717. The summed E-state index contributed by atoms with van der Waals surface area (Å²) < 4.78 is 10.8. The van der Waals surface area contributed by atoms with Gasteiger partial charge in [0.2, 0.25) is 0 Å². The predicted octanol–water partition coefficient (Wildman–Crippen LogP) is 4.67. The lowest BCUT2D eigenvalue weighted by Crippen LogP contribution is -2.26. The van der Waals surface area contributed by atoms with Crippen molar-refractivity contribution < 1.29 is 14.3 Å². The van der Waals surface area contributed by atoms with Crippen LogP contribution in [-0.4, -0.2) is 31.6 Å². The van der Waals surface area contributed by atoms with Crippen molar-refractivity contribution in [2.24, 2.45) is 0 Å². The van der Waals surface area contributed by atoms with Gasteiger partial charge in [-0.2, -0.15) is 0 Å². The summed E-state index contributed by atoms with van der Waals surface area (Å²) >= 11 is 12.1. The molecule has 0 N–H and O–H groups in total. The van der Waals surface area contributed by atoms with Gasteiger partial charge in [-0.25, -0.2) is 0 Å². The van der Waals surface area contributed by atoms with E-state index in [0.717, 1.165) is 5.56 Å². The highest BCUT2D eigenvalue weighted by molar-refractivity contribution is 6.32. The van der Waals surface area contributed by atoms with Gasteiger partial charge in [-0.15, -0.1) is 0 Å². The number of rotatable bonds is 6. The van der Waals surface area contributed by atoms with Gasteiger partial charge in [0.05, 0.1) is 18.7 Å². The van der Waals surface area contributed by atoms with Crippen molar-refractivity contribution in [2.75, 3.05) is 20.8 Å². The van der Waals surface area contributed by atoms with Crippen LogP contribution in [0.1, 0.15) is 22.8 Å². The number of hydrogen-bond acceptors (Lipinski definition) is 3. The summed E-state index contributed by atoms with van der Waals surface area (Å²) in [6, 6.07) is 10.6. The first kappa shape index (κ1) is 18.4. The van der Waals surface area contributed by atoms with Gasteiger partial charge < -0.3 is 14.4 Å². The number of carbonyl (C=O) groups excluding carboxylic acids is 1. The number of carbonyl (C=O) groups is 1. The third-order valence-corrected chi connectivity index (χ3v) is 3.98. The molecule has 0 radical (unpaired) electrons. The van der Waals surface area contributed by atoms with E-state index in [9.17, 15) is 4.79 Å². The number of hydrogen-bond donors (Lipinski definition) is 0. The standard InChI is InChI=1S/C18H19Cl2NO3/c1-4-24-17-15(20)9-13(10-16(17)23-3)18(22)21(2)11-12-5-7-14(19)8-6-12/h5-10H,4,11H2,1-3H3. The minimum atomic E-state index is -0.159. The van der Waals surface area contributed by atoms with Crippen LogP contribution >= 0.6 is 23.2 Å². The molecule has 24 heavy (non-hydrogen) atoms. The minimum Gasteiger partial charge on any atom is -0.493 e. The number of methoxy groups -OCH3 is 1. The van der Waals surface area contributed by atoms with Crippen LogP contribution in [0.2, 0.25) is 10.0 Å². The number of ether oxygens (including phenoxy) is 2. The van der Waals surface area contributed by atoms with Crippen LogP contribution in [0.25, 0.3) is 0 Å². The second kappa shape index (κ2) is 8.27. The average Bonchev–Trinajstić information content (AvgIpc) is 2.57. The zero-order chi connectivity index (χ0) is 17.7. The Morgan fingerprint density at radius 3 is 2.42 bits per heavy atom. The molecule has 6 heteroatoms. The van der Waals surface area contributed by atoms with Gasteiger partial charge in [0.25, 0.3) is 5.91 Å². The van der Waals surface area contributed by atoms with Crippen LogP contribution < -0.4 is 9.47 Å². The van der Waals surface area contributed by atoms with E-state index >= 15 is 0 Å². The third-order valence-electron chi connectivity index (χ3n) is 3.44. The van der Waals surface area contributed by atoms with E-state index in [1.165, 1.54) is 7.11 Å².